The average Bonchev–Trinajstić information content (AvgIpc) is 3.37. The van der Waals surface area contributed by atoms with Crippen molar-refractivity contribution in [3.05, 3.63) is 60.7 Å². The molecule has 0 amide bonds. The summed E-state index contributed by atoms with van der Waals surface area (Å²) in [5.41, 5.74) is 1.16. The molecule has 0 spiro atoms. The lowest BCUT2D eigenvalue weighted by Crippen LogP contribution is -2.21. The molecule has 150 valence electrons. The van der Waals surface area contributed by atoms with E-state index < -0.39 is 0 Å². The predicted octanol–water partition coefficient (Wildman–Crippen LogP) is 2.22. The van der Waals surface area contributed by atoms with E-state index in [2.05, 4.69) is 37.8 Å². The van der Waals surface area contributed by atoms with E-state index in [0.29, 0.717) is 19.8 Å². The number of ether oxygens (including phenoxy) is 2. The Morgan fingerprint density at radius 3 is 2.79 bits per heavy atom. The maximum absolute atomic E-state index is 6.04. The van der Waals surface area contributed by atoms with Crippen LogP contribution in [-0.2, 0) is 30.9 Å². The SMILES string of the molecule is COCCn1cnnc1CN(C)Cc1ccccc1OCCCn1ccnc1. The maximum Gasteiger partial charge on any atom is 0.147 e. The number of para-hydroxylation sites is 1. The zero-order valence-corrected chi connectivity index (χ0v) is 16.6. The summed E-state index contributed by atoms with van der Waals surface area (Å²) < 4.78 is 15.3. The van der Waals surface area contributed by atoms with Gasteiger partial charge in [0.25, 0.3) is 0 Å². The molecular weight excluding hydrogens is 356 g/mol. The lowest BCUT2D eigenvalue weighted by molar-refractivity contribution is 0.184. The molecule has 3 aromatic rings. The average molecular weight is 384 g/mol. The van der Waals surface area contributed by atoms with Crippen LogP contribution in [0.4, 0.5) is 0 Å². The zero-order chi connectivity index (χ0) is 19.6. The van der Waals surface area contributed by atoms with Gasteiger partial charge in [-0.3, -0.25) is 4.90 Å². The van der Waals surface area contributed by atoms with E-state index in [1.165, 1.54) is 0 Å². The third kappa shape index (κ3) is 5.90. The predicted molar refractivity (Wildman–Crippen MR) is 106 cm³/mol. The van der Waals surface area contributed by atoms with Crippen LogP contribution < -0.4 is 4.74 Å². The Morgan fingerprint density at radius 1 is 1.07 bits per heavy atom. The lowest BCUT2D eigenvalue weighted by Gasteiger charge is -2.19. The van der Waals surface area contributed by atoms with Crippen molar-refractivity contribution < 1.29 is 9.47 Å². The molecule has 0 N–H and O–H groups in total. The molecule has 0 aliphatic heterocycles. The number of aryl methyl sites for hydroxylation is 1. The van der Waals surface area contributed by atoms with Crippen molar-refractivity contribution in [3.63, 3.8) is 0 Å². The number of aromatic nitrogens is 5. The standard InChI is InChI=1S/C20H28N6O2/c1-24(15-20-23-22-17-26(20)11-13-27-2)14-18-6-3-4-7-19(18)28-12-5-9-25-10-8-21-16-25/h3-4,6-8,10,16-17H,5,9,11-15H2,1-2H3. The molecule has 28 heavy (non-hydrogen) atoms. The topological polar surface area (TPSA) is 70.2 Å². The van der Waals surface area contributed by atoms with E-state index in [9.17, 15) is 0 Å². The van der Waals surface area contributed by atoms with Crippen LogP contribution in [0.15, 0.2) is 49.3 Å². The fourth-order valence-electron chi connectivity index (χ4n) is 2.99. The molecule has 2 aromatic heterocycles. The van der Waals surface area contributed by atoms with Crippen LogP contribution in [0, 0.1) is 0 Å². The van der Waals surface area contributed by atoms with Crippen molar-refractivity contribution in [1.82, 2.24) is 29.2 Å². The van der Waals surface area contributed by atoms with E-state index in [4.69, 9.17) is 9.47 Å². The van der Waals surface area contributed by atoms with Crippen LogP contribution in [0.2, 0.25) is 0 Å². The minimum absolute atomic E-state index is 0.643. The molecule has 0 unspecified atom stereocenters. The van der Waals surface area contributed by atoms with Gasteiger partial charge >= 0.3 is 0 Å². The Hall–Kier alpha value is -2.71. The third-order valence-corrected chi connectivity index (χ3v) is 4.43. The van der Waals surface area contributed by atoms with Gasteiger partial charge in [0.05, 0.1) is 26.1 Å². The molecule has 0 aliphatic carbocycles. The second-order valence-corrected chi connectivity index (χ2v) is 6.72. The van der Waals surface area contributed by atoms with E-state index in [0.717, 1.165) is 43.2 Å². The van der Waals surface area contributed by atoms with Gasteiger partial charge in [0.2, 0.25) is 0 Å². The van der Waals surface area contributed by atoms with Gasteiger partial charge in [0.15, 0.2) is 0 Å². The summed E-state index contributed by atoms with van der Waals surface area (Å²) >= 11 is 0. The first-order valence-electron chi connectivity index (χ1n) is 9.47. The lowest BCUT2D eigenvalue weighted by atomic mass is 10.2. The quantitative estimate of drug-likeness (QED) is 0.446. The van der Waals surface area contributed by atoms with Crippen LogP contribution in [0.1, 0.15) is 17.8 Å². The maximum atomic E-state index is 6.04. The van der Waals surface area contributed by atoms with E-state index >= 15 is 0 Å². The number of methoxy groups -OCH3 is 1. The molecule has 8 heteroatoms. The molecule has 3 rings (SSSR count). The number of hydrogen-bond donors (Lipinski definition) is 0. The number of imidazole rings is 1. The molecular formula is C20H28N6O2. The molecule has 1 aromatic carbocycles. The Kier molecular flexibility index (Phi) is 7.57. The molecule has 0 atom stereocenters. The molecule has 0 aliphatic rings. The Morgan fingerprint density at radius 2 is 1.96 bits per heavy atom. The van der Waals surface area contributed by atoms with Crippen molar-refractivity contribution in [2.45, 2.75) is 32.6 Å². The number of benzene rings is 1. The van der Waals surface area contributed by atoms with Gasteiger partial charge < -0.3 is 18.6 Å². The van der Waals surface area contributed by atoms with Crippen LogP contribution in [0.25, 0.3) is 0 Å². The Labute approximate surface area is 165 Å². The van der Waals surface area contributed by atoms with Crippen molar-refractivity contribution in [2.75, 3.05) is 27.4 Å². The van der Waals surface area contributed by atoms with Gasteiger partial charge in [0, 0.05) is 44.7 Å². The number of nitrogens with zero attached hydrogens (tertiary/aromatic N) is 6. The summed E-state index contributed by atoms with van der Waals surface area (Å²) in [5.74, 6) is 1.86. The van der Waals surface area contributed by atoms with Gasteiger partial charge in [-0.25, -0.2) is 4.98 Å². The second kappa shape index (κ2) is 10.6. The van der Waals surface area contributed by atoms with E-state index in [1.54, 1.807) is 19.6 Å². The Bertz CT molecular complexity index is 818. The summed E-state index contributed by atoms with van der Waals surface area (Å²) in [7, 11) is 3.77. The van der Waals surface area contributed by atoms with E-state index in [-0.39, 0.29) is 0 Å². The largest absolute Gasteiger partial charge is 0.493 e. The highest BCUT2D eigenvalue weighted by atomic mass is 16.5. The zero-order valence-electron chi connectivity index (χ0n) is 16.6. The minimum Gasteiger partial charge on any atom is -0.493 e. The van der Waals surface area contributed by atoms with Gasteiger partial charge in [-0.05, 0) is 19.5 Å². The normalized spacial score (nSPS) is 11.2. The van der Waals surface area contributed by atoms with Crippen LogP contribution >= 0.6 is 0 Å². The molecule has 8 nitrogen and oxygen atoms in total. The van der Waals surface area contributed by atoms with Gasteiger partial charge in [-0.1, -0.05) is 18.2 Å². The first-order valence-corrected chi connectivity index (χ1v) is 9.47. The van der Waals surface area contributed by atoms with E-state index in [1.807, 2.05) is 35.3 Å². The van der Waals surface area contributed by atoms with Gasteiger partial charge in [0.1, 0.15) is 17.9 Å². The first kappa shape index (κ1) is 20.0. The van der Waals surface area contributed by atoms with Crippen LogP contribution in [-0.4, -0.2) is 56.6 Å². The molecule has 0 saturated carbocycles. The highest BCUT2D eigenvalue weighted by Gasteiger charge is 2.11. The molecule has 0 fully saturated rings. The summed E-state index contributed by atoms with van der Waals surface area (Å²) in [6.45, 7) is 4.45. The molecule has 0 bridgehead atoms. The van der Waals surface area contributed by atoms with Crippen molar-refractivity contribution in [3.8, 4) is 5.75 Å². The third-order valence-electron chi connectivity index (χ3n) is 4.43. The van der Waals surface area contributed by atoms with Gasteiger partial charge in [-0.15, -0.1) is 10.2 Å². The van der Waals surface area contributed by atoms with Crippen molar-refractivity contribution in [1.29, 1.82) is 0 Å². The van der Waals surface area contributed by atoms with Gasteiger partial charge in [-0.2, -0.15) is 0 Å². The summed E-state index contributed by atoms with van der Waals surface area (Å²) in [6.07, 6.45) is 8.27. The summed E-state index contributed by atoms with van der Waals surface area (Å²) in [6, 6.07) is 8.19. The highest BCUT2D eigenvalue weighted by Crippen LogP contribution is 2.20. The molecule has 0 saturated heterocycles. The smallest absolute Gasteiger partial charge is 0.147 e. The first-order chi connectivity index (χ1) is 13.8. The summed E-state index contributed by atoms with van der Waals surface area (Å²) in [4.78, 5) is 6.27. The fourth-order valence-corrected chi connectivity index (χ4v) is 2.99. The van der Waals surface area contributed by atoms with Crippen molar-refractivity contribution >= 4 is 0 Å². The monoisotopic (exact) mass is 384 g/mol. The number of rotatable bonds is 12. The molecule has 2 heterocycles. The fraction of sp³-hybridized carbons (Fsp3) is 0.450. The summed E-state index contributed by atoms with van der Waals surface area (Å²) in [5, 5.41) is 8.26. The number of hydrogen-bond acceptors (Lipinski definition) is 6. The van der Waals surface area contributed by atoms with Crippen LogP contribution in [0.3, 0.4) is 0 Å². The molecule has 0 radical (unpaired) electrons. The van der Waals surface area contributed by atoms with Crippen LogP contribution in [0.5, 0.6) is 5.75 Å². The van der Waals surface area contributed by atoms with Crippen molar-refractivity contribution in [2.24, 2.45) is 0 Å². The highest BCUT2D eigenvalue weighted by molar-refractivity contribution is 5.33. The second-order valence-electron chi connectivity index (χ2n) is 6.72. The minimum atomic E-state index is 0.643. The Balaban J connectivity index is 1.51.